The second-order valence-electron chi connectivity index (χ2n) is 6.03. The molecule has 3 nitrogen and oxygen atoms in total. The van der Waals surface area contributed by atoms with Crippen molar-refractivity contribution in [2.75, 3.05) is 19.8 Å². The number of aryl methyl sites for hydroxylation is 1. The smallest absolute Gasteiger partial charge is 0.0914 e. The SMILES string of the molecule is Cc1ccc(C(O)CNC(C)CC2CCOCC2)cc1. The van der Waals surface area contributed by atoms with Crippen molar-refractivity contribution < 1.29 is 9.84 Å². The second kappa shape index (κ2) is 7.77. The third kappa shape index (κ3) is 4.89. The van der Waals surface area contributed by atoms with Crippen molar-refractivity contribution in [2.45, 2.75) is 45.3 Å². The van der Waals surface area contributed by atoms with Crippen LogP contribution in [-0.2, 0) is 4.74 Å². The van der Waals surface area contributed by atoms with Crippen LogP contribution in [0.5, 0.6) is 0 Å². The summed E-state index contributed by atoms with van der Waals surface area (Å²) in [5.74, 6) is 0.766. The Labute approximate surface area is 122 Å². The predicted octanol–water partition coefficient (Wildman–Crippen LogP) is 2.82. The molecule has 3 heteroatoms. The summed E-state index contributed by atoms with van der Waals surface area (Å²) in [6.07, 6.45) is 3.09. The Morgan fingerprint density at radius 2 is 1.90 bits per heavy atom. The zero-order valence-corrected chi connectivity index (χ0v) is 12.6. The number of nitrogens with one attached hydrogen (secondary N) is 1. The summed E-state index contributed by atoms with van der Waals surface area (Å²) in [6, 6.07) is 8.54. The first-order valence-electron chi connectivity index (χ1n) is 7.71. The van der Waals surface area contributed by atoms with Gasteiger partial charge in [-0.2, -0.15) is 0 Å². The van der Waals surface area contributed by atoms with Gasteiger partial charge in [-0.3, -0.25) is 0 Å². The topological polar surface area (TPSA) is 41.5 Å². The molecule has 1 aromatic carbocycles. The lowest BCUT2D eigenvalue weighted by molar-refractivity contribution is 0.0604. The van der Waals surface area contributed by atoms with Gasteiger partial charge in [0.05, 0.1) is 6.10 Å². The van der Waals surface area contributed by atoms with Crippen LogP contribution >= 0.6 is 0 Å². The summed E-state index contributed by atoms with van der Waals surface area (Å²) in [4.78, 5) is 0. The molecule has 2 atom stereocenters. The van der Waals surface area contributed by atoms with E-state index in [0.717, 1.165) is 24.7 Å². The Bertz CT molecular complexity index is 384. The van der Waals surface area contributed by atoms with Gasteiger partial charge in [0.1, 0.15) is 0 Å². The molecule has 2 rings (SSSR count). The number of hydrogen-bond donors (Lipinski definition) is 2. The highest BCUT2D eigenvalue weighted by molar-refractivity contribution is 5.23. The van der Waals surface area contributed by atoms with Crippen LogP contribution < -0.4 is 5.32 Å². The molecular formula is C17H27NO2. The number of aliphatic hydroxyl groups is 1. The van der Waals surface area contributed by atoms with Gasteiger partial charge < -0.3 is 15.2 Å². The Balaban J connectivity index is 1.71. The molecule has 112 valence electrons. The van der Waals surface area contributed by atoms with Crippen LogP contribution in [0.2, 0.25) is 0 Å². The molecule has 0 radical (unpaired) electrons. The summed E-state index contributed by atoms with van der Waals surface area (Å²) in [5.41, 5.74) is 2.21. The van der Waals surface area contributed by atoms with Crippen LogP contribution in [0, 0.1) is 12.8 Å². The zero-order chi connectivity index (χ0) is 14.4. The fraction of sp³-hybridized carbons (Fsp3) is 0.647. The Morgan fingerprint density at radius 1 is 1.25 bits per heavy atom. The lowest BCUT2D eigenvalue weighted by Gasteiger charge is -2.26. The van der Waals surface area contributed by atoms with Gasteiger partial charge in [0.25, 0.3) is 0 Å². The van der Waals surface area contributed by atoms with E-state index in [1.165, 1.54) is 24.8 Å². The first-order chi connectivity index (χ1) is 9.65. The number of aliphatic hydroxyl groups excluding tert-OH is 1. The van der Waals surface area contributed by atoms with E-state index in [1.54, 1.807) is 0 Å². The van der Waals surface area contributed by atoms with Crippen molar-refractivity contribution in [3.05, 3.63) is 35.4 Å². The molecule has 2 N–H and O–H groups in total. The van der Waals surface area contributed by atoms with Crippen molar-refractivity contribution in [3.8, 4) is 0 Å². The fourth-order valence-corrected chi connectivity index (χ4v) is 2.78. The normalized spacial score (nSPS) is 19.8. The van der Waals surface area contributed by atoms with Gasteiger partial charge in [0.2, 0.25) is 0 Å². The van der Waals surface area contributed by atoms with Crippen molar-refractivity contribution in [3.63, 3.8) is 0 Å². The van der Waals surface area contributed by atoms with E-state index in [0.29, 0.717) is 12.6 Å². The average molecular weight is 277 g/mol. The van der Waals surface area contributed by atoms with Crippen molar-refractivity contribution >= 4 is 0 Å². The van der Waals surface area contributed by atoms with Gasteiger partial charge in [-0.1, -0.05) is 29.8 Å². The lowest BCUT2D eigenvalue weighted by atomic mass is 9.93. The van der Waals surface area contributed by atoms with Crippen LogP contribution in [0.4, 0.5) is 0 Å². The first-order valence-corrected chi connectivity index (χ1v) is 7.71. The number of hydrogen-bond acceptors (Lipinski definition) is 3. The van der Waals surface area contributed by atoms with E-state index in [4.69, 9.17) is 4.74 Å². The number of ether oxygens (including phenoxy) is 1. The molecule has 0 aliphatic carbocycles. The van der Waals surface area contributed by atoms with E-state index in [2.05, 4.69) is 19.2 Å². The standard InChI is InChI=1S/C17H27NO2/c1-13-3-5-16(6-4-13)17(19)12-18-14(2)11-15-7-9-20-10-8-15/h3-6,14-15,17-19H,7-12H2,1-2H3. The average Bonchev–Trinajstić information content (AvgIpc) is 2.46. The van der Waals surface area contributed by atoms with Crippen molar-refractivity contribution in [1.29, 1.82) is 0 Å². The summed E-state index contributed by atoms with van der Waals surface area (Å²) in [7, 11) is 0. The molecule has 0 bridgehead atoms. The van der Waals surface area contributed by atoms with E-state index in [1.807, 2.05) is 24.3 Å². The lowest BCUT2D eigenvalue weighted by Crippen LogP contribution is -2.33. The molecule has 1 fully saturated rings. The summed E-state index contributed by atoms with van der Waals surface area (Å²) < 4.78 is 5.39. The van der Waals surface area contributed by atoms with E-state index in [9.17, 15) is 5.11 Å². The van der Waals surface area contributed by atoms with Crippen LogP contribution in [-0.4, -0.2) is 30.9 Å². The minimum absolute atomic E-state index is 0.423. The second-order valence-corrected chi connectivity index (χ2v) is 6.03. The van der Waals surface area contributed by atoms with Gasteiger partial charge in [0.15, 0.2) is 0 Å². The molecule has 20 heavy (non-hydrogen) atoms. The summed E-state index contributed by atoms with van der Waals surface area (Å²) >= 11 is 0. The predicted molar refractivity (Wildman–Crippen MR) is 81.8 cm³/mol. The molecule has 0 spiro atoms. The van der Waals surface area contributed by atoms with Crippen LogP contribution in [0.3, 0.4) is 0 Å². The van der Waals surface area contributed by atoms with Crippen molar-refractivity contribution in [1.82, 2.24) is 5.32 Å². The summed E-state index contributed by atoms with van der Waals surface area (Å²) in [5, 5.41) is 13.6. The molecule has 1 aliphatic rings. The minimum atomic E-state index is -0.423. The van der Waals surface area contributed by atoms with Crippen LogP contribution in [0.25, 0.3) is 0 Å². The van der Waals surface area contributed by atoms with Gasteiger partial charge >= 0.3 is 0 Å². The van der Waals surface area contributed by atoms with E-state index < -0.39 is 6.10 Å². The first kappa shape index (κ1) is 15.5. The number of rotatable bonds is 6. The molecule has 1 heterocycles. The minimum Gasteiger partial charge on any atom is -0.387 e. The van der Waals surface area contributed by atoms with E-state index in [-0.39, 0.29) is 0 Å². The fourth-order valence-electron chi connectivity index (χ4n) is 2.78. The maximum atomic E-state index is 10.2. The highest BCUT2D eigenvalue weighted by Crippen LogP contribution is 2.20. The molecule has 2 unspecified atom stereocenters. The quantitative estimate of drug-likeness (QED) is 0.840. The van der Waals surface area contributed by atoms with Crippen LogP contribution in [0.1, 0.15) is 43.4 Å². The molecule has 0 saturated carbocycles. The third-order valence-corrected chi connectivity index (χ3v) is 4.15. The molecule has 1 saturated heterocycles. The monoisotopic (exact) mass is 277 g/mol. The van der Waals surface area contributed by atoms with Crippen LogP contribution in [0.15, 0.2) is 24.3 Å². The molecule has 0 aromatic heterocycles. The Morgan fingerprint density at radius 3 is 2.55 bits per heavy atom. The molecule has 0 amide bonds. The third-order valence-electron chi connectivity index (χ3n) is 4.15. The van der Waals surface area contributed by atoms with E-state index >= 15 is 0 Å². The summed E-state index contributed by atoms with van der Waals surface area (Å²) in [6.45, 7) is 6.70. The highest BCUT2D eigenvalue weighted by atomic mass is 16.5. The highest BCUT2D eigenvalue weighted by Gasteiger charge is 2.17. The van der Waals surface area contributed by atoms with Gasteiger partial charge in [0, 0.05) is 25.8 Å². The van der Waals surface area contributed by atoms with Gasteiger partial charge in [-0.05, 0) is 44.6 Å². The molecular weight excluding hydrogens is 250 g/mol. The Kier molecular flexibility index (Phi) is 6.02. The van der Waals surface area contributed by atoms with Gasteiger partial charge in [-0.15, -0.1) is 0 Å². The maximum Gasteiger partial charge on any atom is 0.0914 e. The zero-order valence-electron chi connectivity index (χ0n) is 12.6. The molecule has 1 aromatic rings. The largest absolute Gasteiger partial charge is 0.387 e. The Hall–Kier alpha value is -0.900. The maximum absolute atomic E-state index is 10.2. The van der Waals surface area contributed by atoms with Crippen molar-refractivity contribution in [2.24, 2.45) is 5.92 Å². The molecule has 1 aliphatic heterocycles. The number of benzene rings is 1. The van der Waals surface area contributed by atoms with Gasteiger partial charge in [-0.25, -0.2) is 0 Å².